The molecule has 3 aromatic heterocycles. The molecule has 0 unspecified atom stereocenters. The molecule has 0 aliphatic heterocycles. The van der Waals surface area contributed by atoms with Gasteiger partial charge < -0.3 is 9.73 Å². The largest absolute Gasteiger partial charge is 0.467 e. The number of rotatable bonds is 4. The smallest absolute Gasteiger partial charge is 0.139 e. The summed E-state index contributed by atoms with van der Waals surface area (Å²) in [6.45, 7) is 0.540. The van der Waals surface area contributed by atoms with Crippen molar-refractivity contribution < 1.29 is 8.81 Å². The average molecular weight is 325 g/mol. The lowest BCUT2D eigenvalue weighted by molar-refractivity contribution is 0.518. The lowest BCUT2D eigenvalue weighted by Crippen LogP contribution is -2.01. The first-order chi connectivity index (χ1) is 11.3. The molecule has 0 saturated heterocycles. The highest BCUT2D eigenvalue weighted by atomic mass is 32.1. The molecule has 0 spiro atoms. The van der Waals surface area contributed by atoms with Crippen LogP contribution in [-0.4, -0.2) is 9.97 Å². The van der Waals surface area contributed by atoms with Crippen molar-refractivity contribution in [2.75, 3.05) is 5.32 Å². The van der Waals surface area contributed by atoms with Crippen LogP contribution in [-0.2, 0) is 6.54 Å². The molecule has 0 amide bonds. The van der Waals surface area contributed by atoms with Gasteiger partial charge in [-0.1, -0.05) is 12.1 Å². The van der Waals surface area contributed by atoms with Crippen molar-refractivity contribution in [1.82, 2.24) is 9.97 Å². The first kappa shape index (κ1) is 13.9. The molecular weight excluding hydrogens is 313 g/mol. The molecular formula is C17H12FN3OS. The highest BCUT2D eigenvalue weighted by Gasteiger charge is 2.13. The maximum Gasteiger partial charge on any atom is 0.139 e. The van der Waals surface area contributed by atoms with Gasteiger partial charge in [-0.3, -0.25) is 0 Å². The Morgan fingerprint density at radius 3 is 2.78 bits per heavy atom. The summed E-state index contributed by atoms with van der Waals surface area (Å²) in [5.74, 6) is 1.32. The van der Waals surface area contributed by atoms with Crippen molar-refractivity contribution in [2.45, 2.75) is 6.54 Å². The summed E-state index contributed by atoms with van der Waals surface area (Å²) < 4.78 is 18.5. The predicted octanol–water partition coefficient (Wildman–Crippen LogP) is 4.70. The molecule has 0 saturated carbocycles. The zero-order chi connectivity index (χ0) is 15.6. The lowest BCUT2D eigenvalue weighted by atomic mass is 10.1. The quantitative estimate of drug-likeness (QED) is 0.591. The fraction of sp³-hybridized carbons (Fsp3) is 0.0588. The number of benzene rings is 1. The Hall–Kier alpha value is -2.73. The van der Waals surface area contributed by atoms with Crippen molar-refractivity contribution in [3.63, 3.8) is 0 Å². The first-order valence-corrected chi connectivity index (χ1v) is 7.93. The second-order valence-electron chi connectivity index (χ2n) is 4.99. The molecule has 0 bridgehead atoms. The molecule has 23 heavy (non-hydrogen) atoms. The van der Waals surface area contributed by atoms with E-state index in [1.165, 1.54) is 18.5 Å². The maximum atomic E-state index is 13.2. The molecule has 114 valence electrons. The number of nitrogens with one attached hydrogen (secondary N) is 1. The van der Waals surface area contributed by atoms with Crippen molar-refractivity contribution >= 4 is 27.4 Å². The van der Waals surface area contributed by atoms with Crippen molar-refractivity contribution in [3.05, 3.63) is 65.9 Å². The van der Waals surface area contributed by atoms with Crippen LogP contribution in [0.3, 0.4) is 0 Å². The van der Waals surface area contributed by atoms with Gasteiger partial charge >= 0.3 is 0 Å². The van der Waals surface area contributed by atoms with Crippen LogP contribution in [0.4, 0.5) is 10.2 Å². The Labute approximate surface area is 135 Å². The summed E-state index contributed by atoms with van der Waals surface area (Å²) >= 11 is 1.54. The van der Waals surface area contributed by atoms with Crippen LogP contribution in [0.15, 0.2) is 58.8 Å². The second-order valence-corrected chi connectivity index (χ2v) is 5.85. The molecule has 1 N–H and O–H groups in total. The number of fused-ring (bicyclic) bond motifs is 1. The van der Waals surface area contributed by atoms with Gasteiger partial charge in [0.15, 0.2) is 0 Å². The fourth-order valence-corrected chi connectivity index (χ4v) is 3.35. The zero-order valence-corrected chi connectivity index (χ0v) is 12.8. The third kappa shape index (κ3) is 2.68. The highest BCUT2D eigenvalue weighted by molar-refractivity contribution is 7.17. The van der Waals surface area contributed by atoms with E-state index in [-0.39, 0.29) is 5.82 Å². The minimum atomic E-state index is -0.249. The van der Waals surface area contributed by atoms with E-state index in [4.69, 9.17) is 4.42 Å². The molecule has 6 heteroatoms. The minimum absolute atomic E-state index is 0.249. The van der Waals surface area contributed by atoms with Crippen LogP contribution in [0.2, 0.25) is 0 Å². The minimum Gasteiger partial charge on any atom is -0.467 e. The van der Waals surface area contributed by atoms with E-state index in [1.807, 2.05) is 17.5 Å². The molecule has 4 aromatic rings. The predicted molar refractivity (Wildman–Crippen MR) is 88.8 cm³/mol. The molecule has 1 aromatic carbocycles. The summed E-state index contributed by atoms with van der Waals surface area (Å²) in [5, 5.41) is 6.24. The van der Waals surface area contributed by atoms with Gasteiger partial charge in [-0.25, -0.2) is 14.4 Å². The van der Waals surface area contributed by atoms with Crippen LogP contribution in [0.25, 0.3) is 21.3 Å². The summed E-state index contributed by atoms with van der Waals surface area (Å²) in [5.41, 5.74) is 1.93. The highest BCUT2D eigenvalue weighted by Crippen LogP contribution is 2.36. The normalized spacial score (nSPS) is 11.0. The van der Waals surface area contributed by atoms with Crippen LogP contribution in [0.1, 0.15) is 5.76 Å². The van der Waals surface area contributed by atoms with Crippen molar-refractivity contribution in [1.29, 1.82) is 0 Å². The number of hydrogen-bond acceptors (Lipinski definition) is 5. The van der Waals surface area contributed by atoms with E-state index in [9.17, 15) is 4.39 Å². The number of halogens is 1. The van der Waals surface area contributed by atoms with Gasteiger partial charge in [0, 0.05) is 10.9 Å². The Morgan fingerprint density at radius 2 is 2.00 bits per heavy atom. The summed E-state index contributed by atoms with van der Waals surface area (Å²) in [4.78, 5) is 9.56. The van der Waals surface area contributed by atoms with Gasteiger partial charge in [0.25, 0.3) is 0 Å². The Kier molecular flexibility index (Phi) is 3.51. The van der Waals surface area contributed by atoms with Crippen LogP contribution in [0.5, 0.6) is 0 Å². The molecule has 3 heterocycles. The first-order valence-electron chi connectivity index (χ1n) is 7.05. The summed E-state index contributed by atoms with van der Waals surface area (Å²) in [7, 11) is 0. The monoisotopic (exact) mass is 325 g/mol. The number of furan rings is 1. The molecule has 0 fully saturated rings. The number of nitrogens with zero attached hydrogens (tertiary/aromatic N) is 2. The van der Waals surface area contributed by atoms with E-state index in [0.717, 1.165) is 32.9 Å². The SMILES string of the molecule is Fc1ccc(-c2csc3ncnc(NCc4ccco4)c23)cc1. The number of hydrogen-bond donors (Lipinski definition) is 1. The van der Waals surface area contributed by atoms with Crippen LogP contribution in [0, 0.1) is 5.82 Å². The molecule has 0 aliphatic carbocycles. The van der Waals surface area contributed by atoms with E-state index in [0.29, 0.717) is 6.54 Å². The maximum absolute atomic E-state index is 13.2. The van der Waals surface area contributed by atoms with E-state index in [1.54, 1.807) is 29.7 Å². The van der Waals surface area contributed by atoms with Crippen molar-refractivity contribution in [3.8, 4) is 11.1 Å². The molecule has 4 rings (SSSR count). The third-order valence-electron chi connectivity index (χ3n) is 3.54. The van der Waals surface area contributed by atoms with Crippen LogP contribution < -0.4 is 5.32 Å². The summed E-state index contributed by atoms with van der Waals surface area (Å²) in [6.07, 6.45) is 3.18. The molecule has 0 atom stereocenters. The average Bonchev–Trinajstić information content (AvgIpc) is 3.23. The van der Waals surface area contributed by atoms with Gasteiger partial charge in [0.2, 0.25) is 0 Å². The Balaban J connectivity index is 1.75. The van der Waals surface area contributed by atoms with Crippen molar-refractivity contribution in [2.24, 2.45) is 0 Å². The topological polar surface area (TPSA) is 51.0 Å². The van der Waals surface area contributed by atoms with Gasteiger partial charge in [0.05, 0.1) is 18.2 Å². The number of thiophene rings is 1. The fourth-order valence-electron chi connectivity index (χ4n) is 2.44. The van der Waals surface area contributed by atoms with Gasteiger partial charge in [-0.15, -0.1) is 11.3 Å². The summed E-state index contributed by atoms with van der Waals surface area (Å²) in [6, 6.07) is 10.2. The van der Waals surface area contributed by atoms with Gasteiger partial charge in [-0.2, -0.15) is 0 Å². The second kappa shape index (κ2) is 5.81. The third-order valence-corrected chi connectivity index (χ3v) is 4.42. The molecule has 0 radical (unpaired) electrons. The van der Waals surface area contributed by atoms with Crippen LogP contribution >= 0.6 is 11.3 Å². The lowest BCUT2D eigenvalue weighted by Gasteiger charge is -2.07. The zero-order valence-electron chi connectivity index (χ0n) is 12.0. The Bertz CT molecular complexity index is 932. The van der Waals surface area contributed by atoms with Gasteiger partial charge in [-0.05, 0) is 29.8 Å². The standard InChI is InChI=1S/C17H12FN3OS/c18-12-5-3-11(4-6-12)14-9-23-17-15(14)16(20-10-21-17)19-8-13-2-1-7-22-13/h1-7,9-10H,8H2,(H,19,20,21). The molecule has 0 aliphatic rings. The van der Waals surface area contributed by atoms with E-state index < -0.39 is 0 Å². The Morgan fingerprint density at radius 1 is 1.13 bits per heavy atom. The van der Waals surface area contributed by atoms with Gasteiger partial charge in [0.1, 0.15) is 28.6 Å². The molecule has 4 nitrogen and oxygen atoms in total. The number of aromatic nitrogens is 2. The van der Waals surface area contributed by atoms with E-state index in [2.05, 4.69) is 15.3 Å². The number of anilines is 1. The van der Waals surface area contributed by atoms with E-state index >= 15 is 0 Å².